The molecule has 0 saturated carbocycles. The van der Waals surface area contributed by atoms with Crippen molar-refractivity contribution in [3.05, 3.63) is 193 Å². The molecule has 0 aliphatic carbocycles. The van der Waals surface area contributed by atoms with Crippen molar-refractivity contribution in [1.82, 2.24) is 0 Å². The molecule has 0 aromatic heterocycles. The molecule has 0 unspecified atom stereocenters. The van der Waals surface area contributed by atoms with E-state index in [1.54, 1.807) is 0 Å². The van der Waals surface area contributed by atoms with Crippen LogP contribution in [0.5, 0.6) is 0 Å². The van der Waals surface area contributed by atoms with E-state index in [4.69, 9.17) is 0 Å². The van der Waals surface area contributed by atoms with Crippen molar-refractivity contribution in [3.63, 3.8) is 0 Å². The average Bonchev–Trinajstić information content (AvgIpc) is 3.11. The van der Waals surface area contributed by atoms with Crippen LogP contribution in [0.25, 0.3) is 0 Å². The summed E-state index contributed by atoms with van der Waals surface area (Å²) in [7, 11) is 0. The van der Waals surface area contributed by atoms with Gasteiger partial charge >= 0.3 is 0 Å². The molecule has 0 spiro atoms. The highest BCUT2D eigenvalue weighted by atomic mass is 15.0. The largest absolute Gasteiger partial charge is 0.228 e. The van der Waals surface area contributed by atoms with E-state index in [1.807, 2.05) is 0 Å². The second-order valence-electron chi connectivity index (χ2n) is 11.4. The van der Waals surface area contributed by atoms with Crippen LogP contribution >= 0.6 is 0 Å². The molecule has 6 aromatic carbocycles. The maximum absolute atomic E-state index is 2.44. The highest BCUT2D eigenvalue weighted by Gasteiger charge is 2.31. The molecular formula is C41H38BN. The van der Waals surface area contributed by atoms with Gasteiger partial charge in [0, 0.05) is 24.5 Å². The van der Waals surface area contributed by atoms with Crippen LogP contribution in [0.1, 0.15) is 29.7 Å². The van der Waals surface area contributed by atoms with Crippen molar-refractivity contribution in [3.8, 4) is 0 Å². The molecule has 6 aromatic rings. The van der Waals surface area contributed by atoms with Gasteiger partial charge in [0.1, 0.15) is 12.7 Å². The number of rotatable bonds is 6. The molecule has 1 atom stereocenters. The summed E-state index contributed by atoms with van der Waals surface area (Å²) in [5, 5.41) is 0. The molecule has 7 rings (SSSR count). The summed E-state index contributed by atoms with van der Waals surface area (Å²) in [6.07, 6.45) is 2.23. The molecule has 0 bridgehead atoms. The first-order valence-corrected chi connectivity index (χ1v) is 15.4. The zero-order valence-electron chi connectivity index (χ0n) is 24.8. The fourth-order valence-electron chi connectivity index (χ4n) is 6.73. The molecule has 1 heterocycles. The third-order valence-corrected chi connectivity index (χ3v) is 8.98. The van der Waals surface area contributed by atoms with E-state index in [9.17, 15) is 0 Å². The third kappa shape index (κ3) is 6.01. The first kappa shape index (κ1) is 28.2. The Hall–Kier alpha value is -4.95. The Morgan fingerprint density at radius 3 is 1.28 bits per heavy atom. The van der Waals surface area contributed by atoms with Crippen LogP contribution in [-0.2, 0) is 6.42 Å². The van der Waals surface area contributed by atoms with Crippen LogP contribution < -0.4 is 21.9 Å². The van der Waals surface area contributed by atoms with Gasteiger partial charge in [0.25, 0.3) is 0 Å². The van der Waals surface area contributed by atoms with Crippen LogP contribution in [0.2, 0.25) is 0 Å². The van der Waals surface area contributed by atoms with Gasteiger partial charge < -0.3 is 0 Å². The molecule has 1 nitrogen and oxygen atoms in total. The summed E-state index contributed by atoms with van der Waals surface area (Å²) in [4.78, 5) is 0. The zero-order chi connectivity index (χ0) is 29.3. The predicted molar refractivity (Wildman–Crippen MR) is 185 cm³/mol. The SMILES string of the molecule is C[C@@H](c1ccccc1)[N+]1=Cc2ccccc2CC1.c1ccc([B-](c2ccccc2)(c2ccccc2)c2ccccc2)cc1. The van der Waals surface area contributed by atoms with Crippen molar-refractivity contribution in [2.45, 2.75) is 19.4 Å². The van der Waals surface area contributed by atoms with E-state index in [0.717, 1.165) is 13.0 Å². The van der Waals surface area contributed by atoms with Gasteiger partial charge in [-0.15, -0.1) is 0 Å². The molecule has 0 radical (unpaired) electrons. The number of hydrogen-bond acceptors (Lipinski definition) is 0. The molecule has 210 valence electrons. The van der Waals surface area contributed by atoms with Crippen LogP contribution in [0.4, 0.5) is 0 Å². The Morgan fingerprint density at radius 1 is 0.465 bits per heavy atom. The maximum Gasteiger partial charge on any atom is 0.175 e. The van der Waals surface area contributed by atoms with Gasteiger partial charge in [0.2, 0.25) is 0 Å². The second-order valence-corrected chi connectivity index (χ2v) is 11.4. The lowest BCUT2D eigenvalue weighted by molar-refractivity contribution is -0.565. The van der Waals surface area contributed by atoms with Crippen LogP contribution in [0.3, 0.4) is 0 Å². The fourth-order valence-corrected chi connectivity index (χ4v) is 6.73. The smallest absolute Gasteiger partial charge is 0.175 e. The lowest BCUT2D eigenvalue weighted by atomic mass is 9.13. The van der Waals surface area contributed by atoms with E-state index >= 15 is 0 Å². The summed E-state index contributed by atoms with van der Waals surface area (Å²) in [5.41, 5.74) is 9.57. The fraction of sp³-hybridized carbons (Fsp3) is 0.0976. The number of fused-ring (bicyclic) bond motifs is 1. The van der Waals surface area contributed by atoms with E-state index in [2.05, 4.69) is 194 Å². The molecular weight excluding hydrogens is 517 g/mol. The number of nitrogens with zero attached hydrogens (tertiary/aromatic N) is 1. The minimum atomic E-state index is -1.22. The standard InChI is InChI=1S/C24H20B.C17H18N/c1-5-13-21(14-6-1)25(22-15-7-2-8-16-22,23-17-9-3-10-18-23)24-19-11-4-12-20-24;1-14(15-7-3-2-4-8-15)18-12-11-16-9-5-6-10-17(16)13-18/h1-20H;2-10,13-14H,11-12H2,1H3/q-1;+1/t;14-/m.0/s1. The maximum atomic E-state index is 2.44. The zero-order valence-corrected chi connectivity index (χ0v) is 24.8. The molecule has 0 amide bonds. The van der Waals surface area contributed by atoms with Crippen molar-refractivity contribution in [1.29, 1.82) is 0 Å². The molecule has 1 aliphatic rings. The second kappa shape index (κ2) is 13.4. The average molecular weight is 556 g/mol. The summed E-state index contributed by atoms with van der Waals surface area (Å²) in [5.74, 6) is 0. The Labute approximate surface area is 256 Å². The van der Waals surface area contributed by atoms with E-state index in [1.165, 1.54) is 38.5 Å². The molecule has 0 N–H and O–H groups in total. The number of benzene rings is 6. The van der Waals surface area contributed by atoms with Gasteiger partial charge in [-0.2, -0.15) is 21.9 Å². The Morgan fingerprint density at radius 2 is 0.837 bits per heavy atom. The van der Waals surface area contributed by atoms with Gasteiger partial charge in [0.05, 0.1) is 0 Å². The first-order chi connectivity index (χ1) is 21.3. The quantitative estimate of drug-likeness (QED) is 0.163. The highest BCUT2D eigenvalue weighted by Crippen LogP contribution is 2.20. The van der Waals surface area contributed by atoms with Gasteiger partial charge in [0.15, 0.2) is 12.3 Å². The van der Waals surface area contributed by atoms with E-state index < -0.39 is 6.15 Å². The lowest BCUT2D eigenvalue weighted by Gasteiger charge is -2.44. The first-order valence-electron chi connectivity index (χ1n) is 15.4. The molecule has 0 saturated heterocycles. The summed E-state index contributed by atoms with van der Waals surface area (Å²) in [6.45, 7) is 3.38. The van der Waals surface area contributed by atoms with E-state index in [0.29, 0.717) is 6.04 Å². The summed E-state index contributed by atoms with van der Waals surface area (Å²) in [6, 6.07) is 63.4. The van der Waals surface area contributed by atoms with E-state index in [-0.39, 0.29) is 0 Å². The predicted octanol–water partition coefficient (Wildman–Crippen LogP) is 6.50. The molecule has 0 fully saturated rings. The van der Waals surface area contributed by atoms with Crippen molar-refractivity contribution >= 4 is 34.2 Å². The van der Waals surface area contributed by atoms with Crippen molar-refractivity contribution in [2.75, 3.05) is 6.54 Å². The van der Waals surface area contributed by atoms with Gasteiger partial charge in [-0.1, -0.05) is 170 Å². The van der Waals surface area contributed by atoms with Crippen molar-refractivity contribution < 1.29 is 4.58 Å². The molecule has 2 heteroatoms. The van der Waals surface area contributed by atoms with Gasteiger partial charge in [-0.3, -0.25) is 0 Å². The summed E-state index contributed by atoms with van der Waals surface area (Å²) < 4.78 is 2.44. The van der Waals surface area contributed by atoms with Crippen LogP contribution in [0.15, 0.2) is 176 Å². The molecule has 43 heavy (non-hydrogen) atoms. The number of hydrogen-bond donors (Lipinski definition) is 0. The Balaban J connectivity index is 0.000000162. The van der Waals surface area contributed by atoms with Crippen molar-refractivity contribution in [2.24, 2.45) is 0 Å². The summed E-state index contributed by atoms with van der Waals surface area (Å²) >= 11 is 0. The van der Waals surface area contributed by atoms with Crippen LogP contribution in [0, 0.1) is 0 Å². The lowest BCUT2D eigenvalue weighted by Crippen LogP contribution is -2.74. The Kier molecular flexibility index (Phi) is 8.76. The Bertz CT molecular complexity index is 1590. The topological polar surface area (TPSA) is 3.01 Å². The van der Waals surface area contributed by atoms with Gasteiger partial charge in [-0.05, 0) is 11.6 Å². The van der Waals surface area contributed by atoms with Gasteiger partial charge in [-0.25, -0.2) is 4.58 Å². The highest BCUT2D eigenvalue weighted by molar-refractivity contribution is 7.19. The monoisotopic (exact) mass is 555 g/mol. The van der Waals surface area contributed by atoms with Crippen LogP contribution in [-0.4, -0.2) is 23.5 Å². The normalized spacial score (nSPS) is 13.1. The third-order valence-electron chi connectivity index (χ3n) is 8.98. The minimum Gasteiger partial charge on any atom is -0.228 e. The minimum absolute atomic E-state index is 0.444. The molecule has 1 aliphatic heterocycles.